The van der Waals surface area contributed by atoms with E-state index in [1.165, 1.54) is 14.7 Å². The van der Waals surface area contributed by atoms with Crippen LogP contribution < -0.4 is 4.74 Å². The summed E-state index contributed by atoms with van der Waals surface area (Å²) in [5, 5.41) is -7.63. The Kier molecular flexibility index (Phi) is 10.6. The summed E-state index contributed by atoms with van der Waals surface area (Å²) in [6.07, 6.45) is -7.61. The average Bonchev–Trinajstić information content (AvgIpc) is 2.93. The Balaban J connectivity index is 0.000000307. The molecule has 0 saturated carbocycles. The normalized spacial score (nSPS) is 13.7. The minimum absolute atomic E-state index is 0.107. The zero-order chi connectivity index (χ0) is 34.0. The van der Waals surface area contributed by atoms with Crippen molar-refractivity contribution in [2.75, 3.05) is 7.11 Å². The van der Waals surface area contributed by atoms with Crippen molar-refractivity contribution in [3.8, 4) is 5.75 Å². The summed E-state index contributed by atoms with van der Waals surface area (Å²) < 4.78 is 195. The van der Waals surface area contributed by atoms with Gasteiger partial charge in [-0.2, -0.15) is 57.1 Å². The van der Waals surface area contributed by atoms with Gasteiger partial charge in [-0.15, -0.1) is 0 Å². The van der Waals surface area contributed by atoms with Gasteiger partial charge in [0, 0.05) is 6.07 Å². The van der Waals surface area contributed by atoms with Crippen molar-refractivity contribution >= 4 is 21.0 Å². The maximum Gasteiger partial charge on any atom is 0.460 e. The van der Waals surface area contributed by atoms with Crippen molar-refractivity contribution < 1.29 is 74.8 Å². The van der Waals surface area contributed by atoms with Crippen LogP contribution in [0.5, 0.6) is 5.75 Å². The van der Waals surface area contributed by atoms with Gasteiger partial charge in [-0.05, 0) is 36.4 Å². The highest BCUT2D eigenvalue weighted by Gasteiger charge is 2.91. The summed E-state index contributed by atoms with van der Waals surface area (Å²) in [5.41, 5.74) is 0. The van der Waals surface area contributed by atoms with Crippen molar-refractivity contribution in [2.45, 2.75) is 49.8 Å². The lowest BCUT2D eigenvalue weighted by Gasteiger charge is -2.39. The van der Waals surface area contributed by atoms with Crippen molar-refractivity contribution in [1.82, 2.24) is 0 Å². The molecule has 19 heteroatoms. The lowest BCUT2D eigenvalue weighted by molar-refractivity contribution is -0.433. The molecule has 0 aliphatic heterocycles. The molecule has 0 aromatic heterocycles. The summed E-state index contributed by atoms with van der Waals surface area (Å²) in [6, 6.07) is 29.6. The van der Waals surface area contributed by atoms with Gasteiger partial charge in [-0.3, -0.25) is 0 Å². The fourth-order valence-corrected chi connectivity index (χ4v) is 5.73. The number of benzene rings is 3. The van der Waals surface area contributed by atoms with E-state index in [-0.39, 0.29) is 10.9 Å². The molecule has 0 fully saturated rings. The van der Waals surface area contributed by atoms with E-state index in [0.717, 1.165) is 5.75 Å². The molecule has 0 radical (unpaired) electrons. The largest absolute Gasteiger partial charge is 0.743 e. The molecule has 0 saturated heterocycles. The Hall–Kier alpha value is -3.19. The van der Waals surface area contributed by atoms with Crippen LogP contribution in [0.25, 0.3) is 0 Å². The number of hydrogen-bond acceptors (Lipinski definition) is 4. The molecule has 0 bridgehead atoms. The van der Waals surface area contributed by atoms with Gasteiger partial charge in [-0.1, -0.05) is 42.5 Å². The van der Waals surface area contributed by atoms with Crippen molar-refractivity contribution in [3.63, 3.8) is 0 Å². The van der Waals surface area contributed by atoms with Crippen LogP contribution in [0, 0.1) is 0 Å². The molecular formula is C25H17F13O4S2. The van der Waals surface area contributed by atoms with Gasteiger partial charge in [-0.25, -0.2) is 8.42 Å². The van der Waals surface area contributed by atoms with Crippen LogP contribution in [0.3, 0.4) is 0 Å². The van der Waals surface area contributed by atoms with Gasteiger partial charge in [0.2, 0.25) is 0 Å². The molecule has 3 aromatic carbocycles. The summed E-state index contributed by atoms with van der Waals surface area (Å²) in [6.45, 7) is 0. The van der Waals surface area contributed by atoms with E-state index >= 15 is 0 Å². The molecule has 0 unspecified atom stereocenters. The zero-order valence-corrected chi connectivity index (χ0v) is 23.1. The van der Waals surface area contributed by atoms with Crippen molar-refractivity contribution in [2.24, 2.45) is 0 Å². The average molecular weight is 693 g/mol. The molecule has 0 spiro atoms. The number of methoxy groups -OCH3 is 1. The van der Waals surface area contributed by atoms with E-state index in [0.29, 0.717) is 0 Å². The lowest BCUT2D eigenvalue weighted by Crippen LogP contribution is -2.71. The number of hydrogen-bond donors (Lipinski definition) is 0. The molecule has 0 amide bonds. The van der Waals surface area contributed by atoms with Crippen molar-refractivity contribution in [1.29, 1.82) is 0 Å². The molecule has 244 valence electrons. The predicted octanol–water partition coefficient (Wildman–Crippen LogP) is 8.02. The number of rotatable bonds is 9. The summed E-state index contributed by atoms with van der Waals surface area (Å²) >= 11 is 0. The topological polar surface area (TPSA) is 66.4 Å². The number of alkyl halides is 13. The molecule has 0 aliphatic rings. The van der Waals surface area contributed by atoms with Crippen LogP contribution in [0.1, 0.15) is 0 Å². The smallest absolute Gasteiger partial charge is 0.460 e. The third kappa shape index (κ3) is 6.73. The highest BCUT2D eigenvalue weighted by atomic mass is 32.2. The maximum absolute atomic E-state index is 12.7. The minimum Gasteiger partial charge on any atom is -0.743 e. The van der Waals surface area contributed by atoms with Crippen LogP contribution in [-0.4, -0.2) is 55.2 Å². The minimum atomic E-state index is -8.29. The van der Waals surface area contributed by atoms with Gasteiger partial charge in [0.25, 0.3) is 0 Å². The summed E-state index contributed by atoms with van der Waals surface area (Å²) in [7, 11) is -6.25. The van der Waals surface area contributed by atoms with E-state index in [9.17, 15) is 70.0 Å². The Morgan fingerprint density at radius 2 is 0.955 bits per heavy atom. The van der Waals surface area contributed by atoms with E-state index < -0.39 is 45.2 Å². The van der Waals surface area contributed by atoms with Gasteiger partial charge in [0.15, 0.2) is 24.8 Å². The van der Waals surface area contributed by atoms with Crippen molar-refractivity contribution in [3.05, 3.63) is 84.9 Å². The van der Waals surface area contributed by atoms with Crippen LogP contribution in [0.15, 0.2) is 99.6 Å². The first kappa shape index (κ1) is 37.0. The fourth-order valence-electron chi connectivity index (χ4n) is 3.16. The SMILES string of the molecule is COc1cccc([S+](c2ccccc2)c2ccccc2)c1.O=S(=O)([O-])C(F)(F)C(F)(F)C(F)(F)C(F)(F)C(F)(F)C(F)(F)F. The maximum atomic E-state index is 12.7. The third-order valence-corrected chi connectivity index (χ3v) is 8.55. The highest BCUT2D eigenvalue weighted by molar-refractivity contribution is 7.97. The molecule has 0 heterocycles. The first-order valence-corrected chi connectivity index (χ1v) is 13.9. The van der Waals surface area contributed by atoms with Crippen LogP contribution >= 0.6 is 0 Å². The molecule has 4 nitrogen and oxygen atoms in total. The number of ether oxygens (including phenoxy) is 1. The highest BCUT2D eigenvalue weighted by Crippen LogP contribution is 2.60. The van der Waals surface area contributed by atoms with E-state index in [1.807, 2.05) is 6.07 Å². The summed E-state index contributed by atoms with van der Waals surface area (Å²) in [5.74, 6) is -31.7. The molecule has 0 aliphatic carbocycles. The third-order valence-electron chi connectivity index (χ3n) is 5.45. The Labute approximate surface area is 243 Å². The Morgan fingerprint density at radius 1 is 0.568 bits per heavy atom. The summed E-state index contributed by atoms with van der Waals surface area (Å²) in [4.78, 5) is 3.90. The molecule has 3 rings (SSSR count). The zero-order valence-electron chi connectivity index (χ0n) is 21.4. The van der Waals surface area contributed by atoms with Gasteiger partial charge >= 0.3 is 35.1 Å². The molecule has 3 aromatic rings. The lowest BCUT2D eigenvalue weighted by atomic mass is 9.98. The predicted molar refractivity (Wildman–Crippen MR) is 129 cm³/mol. The Bertz CT molecular complexity index is 1460. The quantitative estimate of drug-likeness (QED) is 0.130. The second-order valence-corrected chi connectivity index (χ2v) is 11.8. The van der Waals surface area contributed by atoms with Gasteiger partial charge in [0.05, 0.1) is 18.0 Å². The van der Waals surface area contributed by atoms with Gasteiger partial charge < -0.3 is 9.29 Å². The monoisotopic (exact) mass is 692 g/mol. The second-order valence-electron chi connectivity index (χ2n) is 8.38. The standard InChI is InChI=1S/C19H17OS.C6HF13O3S/c1-20-16-9-8-14-19(15-16)21(17-10-4-2-5-11-17)18-12-6-3-7-13-18;7-1(8,3(11,12)5(15,16)17)2(9,10)4(13,14)6(18,19)23(20,21)22/h2-15H,1H3;(H,20,21,22)/q+1;/p-1. The van der Waals surface area contributed by atoms with Crippen LogP contribution in [0.4, 0.5) is 57.1 Å². The van der Waals surface area contributed by atoms with Crippen LogP contribution in [-0.2, 0) is 21.0 Å². The molecule has 44 heavy (non-hydrogen) atoms. The molecule has 0 N–H and O–H groups in total. The van der Waals surface area contributed by atoms with E-state index in [1.54, 1.807) is 7.11 Å². The van der Waals surface area contributed by atoms with E-state index in [2.05, 4.69) is 78.9 Å². The Morgan fingerprint density at radius 3 is 1.32 bits per heavy atom. The van der Waals surface area contributed by atoms with Gasteiger partial charge in [0.1, 0.15) is 5.75 Å². The first-order chi connectivity index (χ1) is 19.9. The van der Waals surface area contributed by atoms with E-state index in [4.69, 9.17) is 4.74 Å². The molecular weight excluding hydrogens is 675 g/mol. The van der Waals surface area contributed by atoms with Crippen LogP contribution in [0.2, 0.25) is 0 Å². The second kappa shape index (κ2) is 12.7. The first-order valence-electron chi connectivity index (χ1n) is 11.3. The molecule has 0 atom stereocenters. The number of halogens is 13. The fraction of sp³-hybridized carbons (Fsp3) is 0.280.